The van der Waals surface area contributed by atoms with Crippen LogP contribution in [0.3, 0.4) is 0 Å². The molecule has 0 atom stereocenters. The Morgan fingerprint density at radius 1 is 1.16 bits per heavy atom. The van der Waals surface area contributed by atoms with Crippen LogP contribution in [-0.4, -0.2) is 21.5 Å². The van der Waals surface area contributed by atoms with Crippen LogP contribution >= 0.6 is 0 Å². The minimum absolute atomic E-state index is 0.219. The molecule has 1 saturated carbocycles. The number of rotatable bonds is 7. The maximum atomic E-state index is 12.2. The van der Waals surface area contributed by atoms with E-state index in [1.54, 1.807) is 24.3 Å². The first-order valence-electron chi connectivity index (χ1n) is 6.85. The van der Waals surface area contributed by atoms with E-state index >= 15 is 0 Å². The van der Waals surface area contributed by atoms with Crippen molar-refractivity contribution in [1.29, 1.82) is 0 Å². The highest BCUT2D eigenvalue weighted by atomic mass is 32.2. The molecule has 5 heteroatoms. The number of hydrogen-bond acceptors (Lipinski definition) is 3. The van der Waals surface area contributed by atoms with E-state index in [0.717, 1.165) is 31.5 Å². The number of nitrogens with one attached hydrogen (secondary N) is 2. The Kier molecular flexibility index (Phi) is 4.16. The molecule has 0 radical (unpaired) electrons. The van der Waals surface area contributed by atoms with Crippen molar-refractivity contribution < 1.29 is 8.42 Å². The van der Waals surface area contributed by atoms with Gasteiger partial charge in [0.1, 0.15) is 0 Å². The van der Waals surface area contributed by atoms with E-state index < -0.39 is 10.0 Å². The molecule has 2 N–H and O–H groups in total. The van der Waals surface area contributed by atoms with E-state index in [9.17, 15) is 8.42 Å². The van der Waals surface area contributed by atoms with E-state index in [-0.39, 0.29) is 5.41 Å². The van der Waals surface area contributed by atoms with Crippen LogP contribution in [-0.2, 0) is 10.0 Å². The summed E-state index contributed by atoms with van der Waals surface area (Å²) >= 11 is 0. The van der Waals surface area contributed by atoms with Crippen LogP contribution in [0.4, 0.5) is 5.69 Å². The molecule has 0 aromatic heterocycles. The van der Waals surface area contributed by atoms with Gasteiger partial charge in [-0.25, -0.2) is 13.1 Å². The summed E-state index contributed by atoms with van der Waals surface area (Å²) in [6.45, 7) is 5.50. The Labute approximate surface area is 115 Å². The highest BCUT2D eigenvalue weighted by Crippen LogP contribution is 2.48. The zero-order valence-corrected chi connectivity index (χ0v) is 12.4. The molecule has 1 aliphatic rings. The lowest BCUT2D eigenvalue weighted by Crippen LogP contribution is -2.30. The number of anilines is 1. The second-order valence-electron chi connectivity index (χ2n) is 5.23. The summed E-state index contributed by atoms with van der Waals surface area (Å²) < 4.78 is 27.1. The molecule has 4 nitrogen and oxygen atoms in total. The fourth-order valence-corrected chi connectivity index (χ4v) is 3.28. The van der Waals surface area contributed by atoms with Gasteiger partial charge in [0.05, 0.1) is 4.90 Å². The van der Waals surface area contributed by atoms with Crippen molar-refractivity contribution in [2.75, 3.05) is 18.4 Å². The average molecular weight is 282 g/mol. The topological polar surface area (TPSA) is 58.2 Å². The van der Waals surface area contributed by atoms with Gasteiger partial charge in [0, 0.05) is 18.8 Å². The Hall–Kier alpha value is -1.07. The van der Waals surface area contributed by atoms with Crippen molar-refractivity contribution in [1.82, 2.24) is 4.72 Å². The van der Waals surface area contributed by atoms with E-state index in [0.29, 0.717) is 11.4 Å². The Morgan fingerprint density at radius 2 is 1.79 bits per heavy atom. The normalized spacial score (nSPS) is 17.2. The molecule has 2 rings (SSSR count). The molecule has 0 aliphatic heterocycles. The summed E-state index contributed by atoms with van der Waals surface area (Å²) in [7, 11) is -3.37. The fourth-order valence-electron chi connectivity index (χ4n) is 2.12. The largest absolute Gasteiger partial charge is 0.385 e. The summed E-state index contributed by atoms with van der Waals surface area (Å²) in [4.78, 5) is 0.334. The van der Waals surface area contributed by atoms with E-state index in [1.165, 1.54) is 0 Å². The molecule has 0 heterocycles. The lowest BCUT2D eigenvalue weighted by atomic mass is 10.1. The molecule has 1 fully saturated rings. The smallest absolute Gasteiger partial charge is 0.240 e. The molecule has 0 unspecified atom stereocenters. The van der Waals surface area contributed by atoms with Crippen molar-refractivity contribution in [3.63, 3.8) is 0 Å². The molecule has 0 saturated heterocycles. The molecule has 0 amide bonds. The van der Waals surface area contributed by atoms with Crippen LogP contribution in [0.5, 0.6) is 0 Å². The molecule has 1 aromatic carbocycles. The fraction of sp³-hybridized carbons (Fsp3) is 0.571. The van der Waals surface area contributed by atoms with Gasteiger partial charge >= 0.3 is 0 Å². The molecule has 1 aliphatic carbocycles. The summed E-state index contributed by atoms with van der Waals surface area (Å²) in [6, 6.07) is 6.88. The van der Waals surface area contributed by atoms with E-state index in [2.05, 4.69) is 17.0 Å². The van der Waals surface area contributed by atoms with Crippen molar-refractivity contribution >= 4 is 15.7 Å². The van der Waals surface area contributed by atoms with E-state index in [4.69, 9.17) is 0 Å². The zero-order valence-electron chi connectivity index (χ0n) is 11.6. The number of benzene rings is 1. The van der Waals surface area contributed by atoms with Crippen molar-refractivity contribution in [3.8, 4) is 0 Å². The van der Waals surface area contributed by atoms with Crippen LogP contribution in [0.1, 0.15) is 33.1 Å². The van der Waals surface area contributed by atoms with Gasteiger partial charge in [-0.3, -0.25) is 0 Å². The number of hydrogen-bond donors (Lipinski definition) is 2. The quantitative estimate of drug-likeness (QED) is 0.808. The second kappa shape index (κ2) is 5.51. The third-order valence-corrected chi connectivity index (χ3v) is 5.31. The maximum absolute atomic E-state index is 12.2. The SMILES string of the molecule is CCNc1ccc(S(=O)(=O)NCC2(CC)CC2)cc1. The minimum Gasteiger partial charge on any atom is -0.385 e. The molecule has 0 spiro atoms. The highest BCUT2D eigenvalue weighted by molar-refractivity contribution is 7.89. The molecular weight excluding hydrogens is 260 g/mol. The lowest BCUT2D eigenvalue weighted by molar-refractivity contribution is 0.475. The molecule has 0 bridgehead atoms. The molecule has 19 heavy (non-hydrogen) atoms. The van der Waals surface area contributed by atoms with Crippen LogP contribution in [0.15, 0.2) is 29.2 Å². The first-order chi connectivity index (χ1) is 9.01. The zero-order chi connectivity index (χ0) is 13.9. The first kappa shape index (κ1) is 14.3. The Bertz CT molecular complexity index is 519. The van der Waals surface area contributed by atoms with Gasteiger partial charge in [0.15, 0.2) is 0 Å². The monoisotopic (exact) mass is 282 g/mol. The summed E-state index contributed by atoms with van der Waals surface area (Å²) in [5, 5.41) is 3.15. The van der Waals surface area contributed by atoms with Gasteiger partial charge in [-0.15, -0.1) is 0 Å². The molecule has 1 aromatic rings. The van der Waals surface area contributed by atoms with Gasteiger partial charge in [-0.1, -0.05) is 6.92 Å². The Balaban J connectivity index is 2.02. The third-order valence-electron chi connectivity index (χ3n) is 3.89. The third kappa shape index (κ3) is 3.48. The van der Waals surface area contributed by atoms with Crippen LogP contribution in [0.2, 0.25) is 0 Å². The number of sulfonamides is 1. The van der Waals surface area contributed by atoms with Gasteiger partial charge in [0.2, 0.25) is 10.0 Å². The predicted octanol–water partition coefficient (Wildman–Crippen LogP) is 2.59. The standard InChI is InChI=1S/C14H22N2O2S/c1-3-14(9-10-14)11-16-19(17,18)13-7-5-12(6-8-13)15-4-2/h5-8,15-16H,3-4,9-11H2,1-2H3. The summed E-state index contributed by atoms with van der Waals surface area (Å²) in [5.41, 5.74) is 1.16. The van der Waals surface area contributed by atoms with Gasteiger partial charge < -0.3 is 5.32 Å². The molecule has 106 valence electrons. The minimum atomic E-state index is -3.37. The summed E-state index contributed by atoms with van der Waals surface area (Å²) in [5.74, 6) is 0. The predicted molar refractivity (Wildman–Crippen MR) is 77.8 cm³/mol. The van der Waals surface area contributed by atoms with Crippen LogP contribution in [0.25, 0.3) is 0 Å². The van der Waals surface area contributed by atoms with Crippen LogP contribution < -0.4 is 10.0 Å². The van der Waals surface area contributed by atoms with Crippen molar-refractivity contribution in [2.24, 2.45) is 5.41 Å². The average Bonchev–Trinajstić information content (AvgIpc) is 3.18. The van der Waals surface area contributed by atoms with Crippen molar-refractivity contribution in [2.45, 2.75) is 38.0 Å². The molecular formula is C14H22N2O2S. The van der Waals surface area contributed by atoms with Gasteiger partial charge in [-0.05, 0) is 55.9 Å². The Morgan fingerprint density at radius 3 is 2.26 bits per heavy atom. The van der Waals surface area contributed by atoms with Crippen LogP contribution in [0, 0.1) is 5.41 Å². The van der Waals surface area contributed by atoms with Gasteiger partial charge in [-0.2, -0.15) is 0 Å². The maximum Gasteiger partial charge on any atom is 0.240 e. The van der Waals surface area contributed by atoms with Gasteiger partial charge in [0.25, 0.3) is 0 Å². The second-order valence-corrected chi connectivity index (χ2v) is 7.00. The highest BCUT2D eigenvalue weighted by Gasteiger charge is 2.41. The summed E-state index contributed by atoms with van der Waals surface area (Å²) in [6.07, 6.45) is 3.30. The first-order valence-corrected chi connectivity index (χ1v) is 8.33. The lowest BCUT2D eigenvalue weighted by Gasteiger charge is -2.14. The van der Waals surface area contributed by atoms with E-state index in [1.807, 2.05) is 6.92 Å². The van der Waals surface area contributed by atoms with Crippen molar-refractivity contribution in [3.05, 3.63) is 24.3 Å².